The second-order valence-electron chi connectivity index (χ2n) is 7.41. The van der Waals surface area contributed by atoms with Crippen LogP contribution in [-0.4, -0.2) is 21.7 Å². The highest BCUT2D eigenvalue weighted by molar-refractivity contribution is 5.81. The van der Waals surface area contributed by atoms with Crippen molar-refractivity contribution in [2.45, 2.75) is 32.4 Å². The lowest BCUT2D eigenvalue weighted by Crippen LogP contribution is -2.38. The first-order chi connectivity index (χ1) is 15.0. The molecule has 3 aromatic carbocycles. The van der Waals surface area contributed by atoms with Gasteiger partial charge in [-0.25, -0.2) is 9.07 Å². The van der Waals surface area contributed by atoms with Crippen LogP contribution >= 0.6 is 0 Å². The number of hydrogen-bond acceptors (Lipinski definition) is 3. The van der Waals surface area contributed by atoms with Crippen LogP contribution in [0.4, 0.5) is 4.39 Å². The van der Waals surface area contributed by atoms with Crippen molar-refractivity contribution in [1.29, 1.82) is 0 Å². The molecular formula is C25H24FN3O2. The van der Waals surface area contributed by atoms with E-state index in [1.165, 1.54) is 12.1 Å². The van der Waals surface area contributed by atoms with Crippen molar-refractivity contribution < 1.29 is 13.9 Å². The highest BCUT2D eigenvalue weighted by atomic mass is 19.1. The van der Waals surface area contributed by atoms with E-state index in [-0.39, 0.29) is 23.9 Å². The Balaban J connectivity index is 1.63. The van der Waals surface area contributed by atoms with Crippen LogP contribution in [0.15, 0.2) is 79.0 Å². The maximum Gasteiger partial charge on any atom is 0.220 e. The van der Waals surface area contributed by atoms with E-state index in [0.29, 0.717) is 12.2 Å². The first-order valence-corrected chi connectivity index (χ1v) is 10.3. The number of rotatable bonds is 7. The minimum Gasteiger partial charge on any atom is -0.484 e. The number of ether oxygens (including phenoxy) is 1. The molecular weight excluding hydrogens is 393 g/mol. The van der Waals surface area contributed by atoms with Gasteiger partial charge in [-0.05, 0) is 55.0 Å². The maximum absolute atomic E-state index is 13.3. The minimum atomic E-state index is -0.346. The van der Waals surface area contributed by atoms with Gasteiger partial charge in [0, 0.05) is 11.8 Å². The third-order valence-corrected chi connectivity index (χ3v) is 5.17. The van der Waals surface area contributed by atoms with Crippen molar-refractivity contribution in [2.75, 3.05) is 0 Å². The van der Waals surface area contributed by atoms with Gasteiger partial charge in [-0.2, -0.15) is 5.10 Å². The molecule has 0 aliphatic rings. The Labute approximate surface area is 180 Å². The Bertz CT molecular complexity index is 1170. The summed E-state index contributed by atoms with van der Waals surface area (Å²) in [5.74, 6) is 0.373. The van der Waals surface area contributed by atoms with Crippen molar-refractivity contribution in [1.82, 2.24) is 15.1 Å². The first kappa shape index (κ1) is 20.6. The summed E-state index contributed by atoms with van der Waals surface area (Å²) >= 11 is 0. The molecule has 4 rings (SSSR count). The van der Waals surface area contributed by atoms with Gasteiger partial charge in [-0.15, -0.1) is 0 Å². The van der Waals surface area contributed by atoms with Gasteiger partial charge in [-0.1, -0.05) is 37.3 Å². The molecule has 0 fully saturated rings. The Hall–Kier alpha value is -3.67. The zero-order valence-corrected chi connectivity index (χ0v) is 17.5. The molecule has 1 heterocycles. The number of halogens is 1. The van der Waals surface area contributed by atoms with Gasteiger partial charge in [0.05, 0.1) is 23.4 Å². The van der Waals surface area contributed by atoms with Gasteiger partial charge >= 0.3 is 0 Å². The number of benzene rings is 3. The van der Waals surface area contributed by atoms with Crippen molar-refractivity contribution >= 4 is 16.8 Å². The molecule has 1 amide bonds. The van der Waals surface area contributed by atoms with Gasteiger partial charge in [0.1, 0.15) is 17.7 Å². The number of aromatic nitrogens is 2. The molecule has 0 bridgehead atoms. The predicted molar refractivity (Wildman–Crippen MR) is 119 cm³/mol. The molecule has 0 saturated carbocycles. The lowest BCUT2D eigenvalue weighted by molar-refractivity contribution is -0.122. The van der Waals surface area contributed by atoms with E-state index >= 15 is 0 Å². The molecule has 0 saturated heterocycles. The van der Waals surface area contributed by atoms with Crippen molar-refractivity contribution in [3.63, 3.8) is 0 Å². The number of nitrogens with one attached hydrogen (secondary N) is 1. The van der Waals surface area contributed by atoms with E-state index in [9.17, 15) is 9.18 Å². The molecule has 158 valence electrons. The van der Waals surface area contributed by atoms with Crippen LogP contribution in [0, 0.1) is 5.82 Å². The average molecular weight is 417 g/mol. The molecule has 0 spiro atoms. The summed E-state index contributed by atoms with van der Waals surface area (Å²) in [7, 11) is 0. The Kier molecular flexibility index (Phi) is 5.98. The van der Waals surface area contributed by atoms with Crippen LogP contribution in [0.25, 0.3) is 16.6 Å². The third-order valence-electron chi connectivity index (χ3n) is 5.17. The lowest BCUT2D eigenvalue weighted by Gasteiger charge is -2.26. The highest BCUT2D eigenvalue weighted by Gasteiger charge is 2.23. The zero-order chi connectivity index (χ0) is 21.8. The standard InChI is InChI=1S/C25H24FN3O2/c1-3-24(30)28-17(2)25(18-7-5-4-6-8-18)31-22-13-14-23-19(15-22)16-27-29(23)21-11-9-20(26)10-12-21/h4-17,25H,3H2,1-2H3,(H,28,30)/t17?,25-/m0/s1. The average Bonchev–Trinajstić information content (AvgIpc) is 3.21. The van der Waals surface area contributed by atoms with Gasteiger partial charge in [-0.3, -0.25) is 4.79 Å². The van der Waals surface area contributed by atoms with Crippen molar-refractivity contribution in [2.24, 2.45) is 0 Å². The van der Waals surface area contributed by atoms with Crippen molar-refractivity contribution in [3.05, 3.63) is 90.4 Å². The number of carbonyl (C=O) groups is 1. The van der Waals surface area contributed by atoms with Crippen LogP contribution in [-0.2, 0) is 4.79 Å². The molecule has 31 heavy (non-hydrogen) atoms. The summed E-state index contributed by atoms with van der Waals surface area (Å²) in [6.07, 6.45) is 1.83. The predicted octanol–water partition coefficient (Wildman–Crippen LogP) is 5.20. The van der Waals surface area contributed by atoms with Crippen LogP contribution in [0.3, 0.4) is 0 Å². The zero-order valence-electron chi connectivity index (χ0n) is 17.5. The molecule has 6 heteroatoms. The maximum atomic E-state index is 13.3. The molecule has 5 nitrogen and oxygen atoms in total. The van der Waals surface area contributed by atoms with E-state index in [0.717, 1.165) is 22.2 Å². The second kappa shape index (κ2) is 9.00. The third kappa shape index (κ3) is 4.58. The lowest BCUT2D eigenvalue weighted by atomic mass is 10.0. The molecule has 0 aliphatic heterocycles. The van der Waals surface area contributed by atoms with E-state index in [1.807, 2.05) is 62.4 Å². The number of carbonyl (C=O) groups excluding carboxylic acids is 1. The van der Waals surface area contributed by atoms with Gasteiger partial charge < -0.3 is 10.1 Å². The minimum absolute atomic E-state index is 0.0203. The normalized spacial score (nSPS) is 13.0. The van der Waals surface area contributed by atoms with Crippen LogP contribution in [0.1, 0.15) is 31.9 Å². The molecule has 4 aromatic rings. The van der Waals surface area contributed by atoms with Crippen molar-refractivity contribution in [3.8, 4) is 11.4 Å². The molecule has 1 unspecified atom stereocenters. The monoisotopic (exact) mass is 417 g/mol. The molecule has 1 aromatic heterocycles. The van der Waals surface area contributed by atoms with Gasteiger partial charge in [0.2, 0.25) is 5.91 Å². The highest BCUT2D eigenvalue weighted by Crippen LogP contribution is 2.29. The molecule has 1 N–H and O–H groups in total. The summed E-state index contributed by atoms with van der Waals surface area (Å²) in [6, 6.07) is 21.6. The smallest absolute Gasteiger partial charge is 0.220 e. The quantitative estimate of drug-likeness (QED) is 0.450. The fourth-order valence-corrected chi connectivity index (χ4v) is 3.55. The number of fused-ring (bicyclic) bond motifs is 1. The number of nitrogens with zero attached hydrogens (tertiary/aromatic N) is 2. The summed E-state index contributed by atoms with van der Waals surface area (Å²) in [5, 5.41) is 8.35. The Morgan fingerprint density at radius 3 is 2.55 bits per heavy atom. The van der Waals surface area contributed by atoms with Gasteiger partial charge in [0.15, 0.2) is 0 Å². The van der Waals surface area contributed by atoms with Crippen LogP contribution < -0.4 is 10.1 Å². The number of amides is 1. The fraction of sp³-hybridized carbons (Fsp3) is 0.200. The summed E-state index contributed by atoms with van der Waals surface area (Å²) in [5.41, 5.74) is 2.65. The van der Waals surface area contributed by atoms with Crippen LogP contribution in [0.5, 0.6) is 5.75 Å². The first-order valence-electron chi connectivity index (χ1n) is 10.3. The molecule has 2 atom stereocenters. The van der Waals surface area contributed by atoms with Gasteiger partial charge in [0.25, 0.3) is 0 Å². The molecule has 0 aliphatic carbocycles. The number of hydrogen-bond donors (Lipinski definition) is 1. The SMILES string of the molecule is CCC(=O)NC(C)[C@H](Oc1ccc2c(cnn2-c2ccc(F)cc2)c1)c1ccccc1. The summed E-state index contributed by atoms with van der Waals surface area (Å²) in [6.45, 7) is 3.77. The summed E-state index contributed by atoms with van der Waals surface area (Å²) in [4.78, 5) is 11.9. The Morgan fingerprint density at radius 2 is 1.84 bits per heavy atom. The topological polar surface area (TPSA) is 56.1 Å². The van der Waals surface area contributed by atoms with Crippen LogP contribution in [0.2, 0.25) is 0 Å². The second-order valence-corrected chi connectivity index (χ2v) is 7.41. The fourth-order valence-electron chi connectivity index (χ4n) is 3.55. The Morgan fingerprint density at radius 1 is 1.10 bits per heavy atom. The van der Waals surface area contributed by atoms with E-state index in [2.05, 4.69) is 10.4 Å². The van der Waals surface area contributed by atoms with E-state index in [4.69, 9.17) is 4.74 Å². The van der Waals surface area contributed by atoms with E-state index in [1.54, 1.807) is 23.0 Å². The largest absolute Gasteiger partial charge is 0.484 e. The summed E-state index contributed by atoms with van der Waals surface area (Å²) < 4.78 is 21.4. The molecule has 0 radical (unpaired) electrons. The van der Waals surface area contributed by atoms with E-state index < -0.39 is 0 Å².